The van der Waals surface area contributed by atoms with Gasteiger partial charge in [-0.2, -0.15) is 18.3 Å². The number of carbonyl (C=O) groups excluding carboxylic acids is 1. The number of carbonyl (C=O) groups is 1. The number of piperidine rings is 3. The molecule has 4 heterocycles. The monoisotopic (exact) mass is 476 g/mol. The van der Waals surface area contributed by atoms with Gasteiger partial charge >= 0.3 is 12.3 Å². The van der Waals surface area contributed by atoms with Gasteiger partial charge in [0, 0.05) is 42.9 Å². The number of hydrogen-bond donors (Lipinski definition) is 1. The lowest BCUT2D eigenvalue weighted by molar-refractivity contribution is -0.137. The maximum atomic E-state index is 12.9. The van der Waals surface area contributed by atoms with Crippen LogP contribution in [0.3, 0.4) is 0 Å². The summed E-state index contributed by atoms with van der Waals surface area (Å²) in [4.78, 5) is 14.6. The number of alkyl halides is 3. The average Bonchev–Trinajstić information content (AvgIpc) is 3.47. The minimum absolute atomic E-state index is 0.0691. The number of ether oxygens (including phenoxy) is 1. The van der Waals surface area contributed by atoms with Crippen molar-refractivity contribution in [3.05, 3.63) is 47.3 Å². The molecule has 1 aliphatic carbocycles. The van der Waals surface area contributed by atoms with Gasteiger partial charge in [0.25, 0.3) is 0 Å². The summed E-state index contributed by atoms with van der Waals surface area (Å²) in [5, 5.41) is 7.26. The van der Waals surface area contributed by atoms with Crippen LogP contribution in [-0.4, -0.2) is 46.5 Å². The van der Waals surface area contributed by atoms with Gasteiger partial charge in [-0.3, -0.25) is 14.9 Å². The normalized spacial score (nSPS) is 27.2. The molecule has 2 bridgehead atoms. The average molecular weight is 477 g/mol. The molecule has 34 heavy (non-hydrogen) atoms. The Morgan fingerprint density at radius 3 is 2.71 bits per heavy atom. The third-order valence-corrected chi connectivity index (χ3v) is 7.81. The molecule has 2 aromatic rings. The second-order valence-corrected chi connectivity index (χ2v) is 9.94. The quantitative estimate of drug-likeness (QED) is 0.617. The summed E-state index contributed by atoms with van der Waals surface area (Å²) in [5.74, 6) is 1.53. The lowest BCUT2D eigenvalue weighted by Crippen LogP contribution is -2.54. The number of benzene rings is 1. The minimum atomic E-state index is -4.46. The highest BCUT2D eigenvalue weighted by Gasteiger charge is 2.42. The number of fused-ring (bicyclic) bond motifs is 3. The van der Waals surface area contributed by atoms with Crippen molar-refractivity contribution in [3.63, 3.8) is 0 Å². The molecule has 6 nitrogen and oxygen atoms in total. The van der Waals surface area contributed by atoms with E-state index in [2.05, 4.69) is 21.0 Å². The summed E-state index contributed by atoms with van der Waals surface area (Å²) in [6.07, 6.45) is 1.91. The SMILES string of the molecule is Cn1nc(C2CCCC2)cc1C1CN2CCC1CC2COC(=O)Nc1cccc(C(F)(F)F)c1. The molecule has 6 rings (SSSR count). The first-order valence-electron chi connectivity index (χ1n) is 12.2. The van der Waals surface area contributed by atoms with Crippen LogP contribution in [0, 0.1) is 5.92 Å². The van der Waals surface area contributed by atoms with E-state index < -0.39 is 17.8 Å². The van der Waals surface area contributed by atoms with Crippen LogP contribution in [0.25, 0.3) is 0 Å². The maximum absolute atomic E-state index is 12.9. The van der Waals surface area contributed by atoms with E-state index in [9.17, 15) is 18.0 Å². The van der Waals surface area contributed by atoms with Gasteiger partial charge in [0.2, 0.25) is 0 Å². The predicted octanol–water partition coefficient (Wildman–Crippen LogP) is 5.52. The molecule has 1 N–H and O–H groups in total. The maximum Gasteiger partial charge on any atom is 0.416 e. The van der Waals surface area contributed by atoms with Crippen LogP contribution in [0.4, 0.5) is 23.7 Å². The molecule has 1 amide bonds. The number of hydrogen-bond acceptors (Lipinski definition) is 4. The van der Waals surface area contributed by atoms with E-state index in [1.807, 2.05) is 7.05 Å². The zero-order valence-electron chi connectivity index (χ0n) is 19.4. The summed E-state index contributed by atoms with van der Waals surface area (Å²) in [7, 11) is 2.05. The fourth-order valence-corrected chi connectivity index (χ4v) is 6.02. The van der Waals surface area contributed by atoms with E-state index in [1.54, 1.807) is 0 Å². The van der Waals surface area contributed by atoms with Gasteiger partial charge in [0.1, 0.15) is 6.61 Å². The second-order valence-electron chi connectivity index (χ2n) is 9.94. The van der Waals surface area contributed by atoms with Crippen LogP contribution in [-0.2, 0) is 18.0 Å². The molecule has 4 fully saturated rings. The third kappa shape index (κ3) is 4.80. The molecule has 0 spiro atoms. The first-order chi connectivity index (χ1) is 16.3. The van der Waals surface area contributed by atoms with Gasteiger partial charge in [-0.25, -0.2) is 4.79 Å². The molecule has 184 valence electrons. The lowest BCUT2D eigenvalue weighted by Gasteiger charge is -2.49. The molecule has 1 aromatic heterocycles. The standard InChI is InChI=1S/C25H31F3N4O2/c1-31-23(13-22(30-31)16-5-2-3-6-16)21-14-32-10-9-17(21)11-20(32)15-34-24(33)29-19-8-4-7-18(12-19)25(26,27)28/h4,7-8,12-13,16-17,20-21H,2-3,5-6,9-11,14-15H2,1H3,(H,29,33). The fraction of sp³-hybridized carbons (Fsp3) is 0.600. The van der Waals surface area contributed by atoms with E-state index in [1.165, 1.54) is 49.2 Å². The van der Waals surface area contributed by atoms with Crippen LogP contribution in [0.5, 0.6) is 0 Å². The number of nitrogens with zero attached hydrogens (tertiary/aromatic N) is 3. The Kier molecular flexibility index (Phi) is 6.31. The summed E-state index contributed by atoms with van der Waals surface area (Å²) < 4.78 is 46.1. The van der Waals surface area contributed by atoms with Crippen molar-refractivity contribution in [2.24, 2.45) is 13.0 Å². The van der Waals surface area contributed by atoms with E-state index in [0.717, 1.165) is 38.1 Å². The van der Waals surface area contributed by atoms with E-state index in [0.29, 0.717) is 17.8 Å². The Morgan fingerprint density at radius 2 is 2.00 bits per heavy atom. The zero-order valence-corrected chi connectivity index (χ0v) is 19.4. The fourth-order valence-electron chi connectivity index (χ4n) is 6.02. The van der Waals surface area contributed by atoms with Gasteiger partial charge in [-0.1, -0.05) is 18.9 Å². The van der Waals surface area contributed by atoms with E-state index in [4.69, 9.17) is 9.84 Å². The van der Waals surface area contributed by atoms with Crippen molar-refractivity contribution in [2.45, 2.75) is 62.6 Å². The van der Waals surface area contributed by atoms with E-state index >= 15 is 0 Å². The summed E-state index contributed by atoms with van der Waals surface area (Å²) in [5.41, 5.74) is 1.80. The third-order valence-electron chi connectivity index (χ3n) is 7.81. The van der Waals surface area contributed by atoms with Gasteiger partial charge in [-0.15, -0.1) is 0 Å². The highest BCUT2D eigenvalue weighted by molar-refractivity contribution is 5.84. The largest absolute Gasteiger partial charge is 0.448 e. The highest BCUT2D eigenvalue weighted by atomic mass is 19.4. The first kappa shape index (κ1) is 23.2. The van der Waals surface area contributed by atoms with Crippen LogP contribution in [0.2, 0.25) is 0 Å². The van der Waals surface area contributed by atoms with Crippen LogP contribution >= 0.6 is 0 Å². The number of rotatable bonds is 5. The molecule has 4 aliphatic rings. The van der Waals surface area contributed by atoms with Gasteiger partial charge in [0.05, 0.1) is 11.3 Å². The van der Waals surface area contributed by atoms with Gasteiger partial charge in [-0.05, 0) is 62.4 Å². The number of nitrogens with one attached hydrogen (secondary N) is 1. The van der Waals surface area contributed by atoms with Crippen molar-refractivity contribution < 1.29 is 22.7 Å². The molecule has 1 aromatic carbocycles. The molecule has 0 radical (unpaired) electrons. The number of amides is 1. The second kappa shape index (κ2) is 9.24. The van der Waals surface area contributed by atoms with Crippen molar-refractivity contribution in [2.75, 3.05) is 25.0 Å². The Hall–Kier alpha value is -2.55. The molecular formula is C25H31F3N4O2. The predicted molar refractivity (Wildman–Crippen MR) is 122 cm³/mol. The van der Waals surface area contributed by atoms with Gasteiger partial charge in [0.15, 0.2) is 0 Å². The van der Waals surface area contributed by atoms with E-state index in [-0.39, 0.29) is 18.3 Å². The molecule has 3 saturated heterocycles. The van der Waals surface area contributed by atoms with Crippen molar-refractivity contribution in [1.29, 1.82) is 0 Å². The Balaban J connectivity index is 1.17. The topological polar surface area (TPSA) is 59.4 Å². The molecule has 9 heteroatoms. The summed E-state index contributed by atoms with van der Waals surface area (Å²) in [6, 6.07) is 7.01. The number of aryl methyl sites for hydroxylation is 1. The van der Waals surface area contributed by atoms with Crippen molar-refractivity contribution in [1.82, 2.24) is 14.7 Å². The molecule has 4 atom stereocenters. The summed E-state index contributed by atoms with van der Waals surface area (Å²) >= 11 is 0. The smallest absolute Gasteiger partial charge is 0.416 e. The van der Waals surface area contributed by atoms with Gasteiger partial charge < -0.3 is 4.74 Å². The molecule has 3 aliphatic heterocycles. The Labute approximate surface area is 197 Å². The number of anilines is 1. The summed E-state index contributed by atoms with van der Waals surface area (Å²) in [6.45, 7) is 2.11. The van der Waals surface area contributed by atoms with Crippen LogP contribution < -0.4 is 5.32 Å². The lowest BCUT2D eigenvalue weighted by atomic mass is 9.74. The Bertz CT molecular complexity index is 1030. The Morgan fingerprint density at radius 1 is 1.21 bits per heavy atom. The number of aromatic nitrogens is 2. The first-order valence-corrected chi connectivity index (χ1v) is 12.2. The molecule has 4 unspecified atom stereocenters. The minimum Gasteiger partial charge on any atom is -0.448 e. The number of halogens is 3. The molecule has 1 saturated carbocycles. The molecular weight excluding hydrogens is 445 g/mol. The van der Waals surface area contributed by atoms with Crippen molar-refractivity contribution in [3.8, 4) is 0 Å². The van der Waals surface area contributed by atoms with Crippen LogP contribution in [0.1, 0.15) is 67.3 Å². The zero-order chi connectivity index (χ0) is 23.9. The van der Waals surface area contributed by atoms with Crippen molar-refractivity contribution >= 4 is 11.8 Å². The highest BCUT2D eigenvalue weighted by Crippen LogP contribution is 2.43. The van der Waals surface area contributed by atoms with Crippen LogP contribution in [0.15, 0.2) is 30.3 Å².